The number of anilines is 1. The molecule has 2 aliphatic carbocycles. The lowest BCUT2D eigenvalue weighted by Gasteiger charge is -2.36. The highest BCUT2D eigenvalue weighted by Crippen LogP contribution is 2.40. The fourth-order valence-electron chi connectivity index (χ4n) is 3.96. The van der Waals surface area contributed by atoms with Gasteiger partial charge < -0.3 is 14.7 Å². The number of aromatic nitrogens is 1. The topological polar surface area (TPSA) is 75.1 Å². The van der Waals surface area contributed by atoms with E-state index in [1.165, 1.54) is 0 Å². The molecule has 5 nitrogen and oxygen atoms in total. The molecule has 2 N–H and O–H groups in total. The Morgan fingerprint density at radius 3 is 2.74 bits per heavy atom. The van der Waals surface area contributed by atoms with Gasteiger partial charge in [-0.3, -0.25) is 9.59 Å². The van der Waals surface area contributed by atoms with E-state index in [1.807, 2.05) is 12.1 Å². The molecule has 0 saturated heterocycles. The lowest BCUT2D eigenvalue weighted by Crippen LogP contribution is -2.40. The van der Waals surface area contributed by atoms with E-state index in [0.717, 1.165) is 24.8 Å². The Hall–Kier alpha value is -1.95. The largest absolute Gasteiger partial charge is 0.429 e. The number of rotatable bonds is 2. The summed E-state index contributed by atoms with van der Waals surface area (Å²) < 4.78 is 5.37. The number of oxazole rings is 1. The first-order chi connectivity index (χ1) is 11.1. The molecule has 2 saturated carbocycles. The highest BCUT2D eigenvalue weighted by atomic mass is 32.1. The molecule has 4 rings (SSSR count). The number of fused-ring (bicyclic) bond motifs is 3. The number of nitrogens with one attached hydrogen (secondary N) is 2. The molecule has 23 heavy (non-hydrogen) atoms. The van der Waals surface area contributed by atoms with Gasteiger partial charge in [-0.15, -0.1) is 0 Å². The van der Waals surface area contributed by atoms with Crippen LogP contribution in [0.4, 0.5) is 5.69 Å². The van der Waals surface area contributed by atoms with Gasteiger partial charge in [0.05, 0.1) is 5.52 Å². The summed E-state index contributed by atoms with van der Waals surface area (Å²) in [4.78, 5) is 27.9. The first-order valence-electron chi connectivity index (χ1n) is 8.07. The summed E-state index contributed by atoms with van der Waals surface area (Å²) in [6, 6.07) is 5.44. The first kappa shape index (κ1) is 14.6. The van der Waals surface area contributed by atoms with Crippen molar-refractivity contribution in [1.82, 2.24) is 4.98 Å². The Morgan fingerprint density at radius 2 is 2.00 bits per heavy atom. The monoisotopic (exact) mass is 330 g/mol. The molecule has 6 heteroatoms. The van der Waals surface area contributed by atoms with Crippen molar-refractivity contribution in [3.63, 3.8) is 0 Å². The van der Waals surface area contributed by atoms with E-state index in [4.69, 9.17) is 16.6 Å². The van der Waals surface area contributed by atoms with Gasteiger partial charge in [-0.25, -0.2) is 0 Å². The van der Waals surface area contributed by atoms with E-state index in [2.05, 4.69) is 10.3 Å². The minimum atomic E-state index is -0.0728. The second-order valence-electron chi connectivity index (χ2n) is 6.61. The van der Waals surface area contributed by atoms with Crippen LogP contribution in [0, 0.1) is 22.6 Å². The van der Waals surface area contributed by atoms with E-state index in [0.29, 0.717) is 34.7 Å². The van der Waals surface area contributed by atoms with Crippen LogP contribution in [0.15, 0.2) is 22.6 Å². The van der Waals surface area contributed by atoms with Crippen LogP contribution in [-0.2, 0) is 9.59 Å². The van der Waals surface area contributed by atoms with Crippen LogP contribution in [0.3, 0.4) is 0 Å². The minimum absolute atomic E-state index is 0.00267. The SMILES string of the molecule is O=C(Nc1ccc2[nH]c(=S)oc2c1)C1CC2CCCC(C1)C2=O. The van der Waals surface area contributed by atoms with Gasteiger partial charge in [0.2, 0.25) is 5.91 Å². The van der Waals surface area contributed by atoms with Crippen molar-refractivity contribution in [3.05, 3.63) is 23.0 Å². The summed E-state index contributed by atoms with van der Waals surface area (Å²) in [5.74, 6) is 0.483. The Kier molecular flexibility index (Phi) is 3.56. The molecular formula is C17H18N2O3S. The van der Waals surface area contributed by atoms with E-state index >= 15 is 0 Å². The van der Waals surface area contributed by atoms with Crippen LogP contribution in [0.1, 0.15) is 32.1 Å². The molecule has 2 bridgehead atoms. The Morgan fingerprint density at radius 1 is 1.26 bits per heavy atom. The lowest BCUT2D eigenvalue weighted by atomic mass is 9.67. The first-order valence-corrected chi connectivity index (χ1v) is 8.48. The van der Waals surface area contributed by atoms with E-state index in [1.54, 1.807) is 6.07 Å². The van der Waals surface area contributed by atoms with Crippen LogP contribution in [0.25, 0.3) is 11.1 Å². The highest BCUT2D eigenvalue weighted by Gasteiger charge is 2.41. The molecule has 1 heterocycles. The van der Waals surface area contributed by atoms with Crippen LogP contribution in [-0.4, -0.2) is 16.7 Å². The third-order valence-corrected chi connectivity index (χ3v) is 5.29. The van der Waals surface area contributed by atoms with E-state index in [9.17, 15) is 9.59 Å². The van der Waals surface area contributed by atoms with Crippen molar-refractivity contribution in [3.8, 4) is 0 Å². The molecule has 0 aliphatic heterocycles. The Bertz CT molecular complexity index is 822. The summed E-state index contributed by atoms with van der Waals surface area (Å²) >= 11 is 4.96. The molecule has 2 aliphatic rings. The summed E-state index contributed by atoms with van der Waals surface area (Å²) in [5.41, 5.74) is 2.14. The zero-order valence-electron chi connectivity index (χ0n) is 12.6. The molecule has 1 aromatic carbocycles. The maximum Gasteiger partial charge on any atom is 0.266 e. The lowest BCUT2D eigenvalue weighted by molar-refractivity contribution is -0.136. The Labute approximate surface area is 138 Å². The summed E-state index contributed by atoms with van der Waals surface area (Å²) in [5, 5.41) is 2.96. The average Bonchev–Trinajstić information content (AvgIpc) is 2.86. The normalized spacial score (nSPS) is 27.1. The number of carbonyl (C=O) groups is 2. The number of Topliss-reactive ketones (excluding diaryl/α,β-unsaturated/α-hetero) is 1. The smallest absolute Gasteiger partial charge is 0.266 e. The third-order valence-electron chi connectivity index (χ3n) is 5.11. The number of H-pyrrole nitrogens is 1. The van der Waals surface area contributed by atoms with Crippen molar-refractivity contribution in [2.24, 2.45) is 17.8 Å². The van der Waals surface area contributed by atoms with Crippen molar-refractivity contribution < 1.29 is 14.0 Å². The minimum Gasteiger partial charge on any atom is -0.429 e. The van der Waals surface area contributed by atoms with Gasteiger partial charge in [0.15, 0.2) is 5.58 Å². The fraction of sp³-hybridized carbons (Fsp3) is 0.471. The molecule has 2 fully saturated rings. The standard InChI is InChI=1S/C17H18N2O3S/c20-15-9-2-1-3-10(15)7-11(6-9)16(21)18-12-4-5-13-14(8-12)22-17(23)19-13/h4-5,8-11H,1-3,6-7H2,(H,18,21)(H,19,23). The van der Waals surface area contributed by atoms with Gasteiger partial charge >= 0.3 is 0 Å². The van der Waals surface area contributed by atoms with Gasteiger partial charge in [0, 0.05) is 29.5 Å². The quantitative estimate of drug-likeness (QED) is 0.821. The van der Waals surface area contributed by atoms with Crippen LogP contribution < -0.4 is 5.32 Å². The second-order valence-corrected chi connectivity index (χ2v) is 6.98. The molecule has 120 valence electrons. The van der Waals surface area contributed by atoms with E-state index < -0.39 is 0 Å². The van der Waals surface area contributed by atoms with Gasteiger partial charge in [-0.1, -0.05) is 6.42 Å². The van der Waals surface area contributed by atoms with Crippen molar-refractivity contribution in [2.75, 3.05) is 5.32 Å². The van der Waals surface area contributed by atoms with Crippen LogP contribution >= 0.6 is 12.2 Å². The molecule has 0 radical (unpaired) electrons. The number of hydrogen-bond donors (Lipinski definition) is 2. The maximum atomic E-state index is 12.6. The number of hydrogen-bond acceptors (Lipinski definition) is 4. The number of carbonyl (C=O) groups excluding carboxylic acids is 2. The molecule has 1 amide bonds. The summed E-state index contributed by atoms with van der Waals surface area (Å²) in [7, 11) is 0. The predicted octanol–water partition coefficient (Wildman–Crippen LogP) is 3.82. The number of benzene rings is 1. The second kappa shape index (κ2) is 5.60. The molecule has 0 spiro atoms. The van der Waals surface area contributed by atoms with Gasteiger partial charge in [0.1, 0.15) is 5.78 Å². The van der Waals surface area contributed by atoms with E-state index in [-0.39, 0.29) is 23.7 Å². The van der Waals surface area contributed by atoms with Gasteiger partial charge in [-0.05, 0) is 50.0 Å². The number of aromatic amines is 1. The molecular weight excluding hydrogens is 312 g/mol. The zero-order valence-corrected chi connectivity index (χ0v) is 13.4. The van der Waals surface area contributed by atoms with Gasteiger partial charge in [0.25, 0.3) is 4.84 Å². The molecule has 2 aromatic rings. The van der Waals surface area contributed by atoms with Crippen molar-refractivity contribution in [2.45, 2.75) is 32.1 Å². The maximum absolute atomic E-state index is 12.6. The number of ketones is 1. The fourth-order valence-corrected chi connectivity index (χ4v) is 4.16. The zero-order chi connectivity index (χ0) is 16.0. The van der Waals surface area contributed by atoms with Gasteiger partial charge in [-0.2, -0.15) is 0 Å². The average molecular weight is 330 g/mol. The molecule has 2 atom stereocenters. The third kappa shape index (κ3) is 2.72. The van der Waals surface area contributed by atoms with Crippen molar-refractivity contribution >= 4 is 40.7 Å². The number of amides is 1. The van der Waals surface area contributed by atoms with Crippen LogP contribution in [0.5, 0.6) is 0 Å². The molecule has 2 unspecified atom stereocenters. The van der Waals surface area contributed by atoms with Crippen molar-refractivity contribution in [1.29, 1.82) is 0 Å². The predicted molar refractivity (Wildman–Crippen MR) is 88.6 cm³/mol. The molecule has 1 aromatic heterocycles. The Balaban J connectivity index is 1.50. The summed E-state index contributed by atoms with van der Waals surface area (Å²) in [6.07, 6.45) is 4.37. The van der Waals surface area contributed by atoms with Crippen LogP contribution in [0.2, 0.25) is 0 Å². The highest BCUT2D eigenvalue weighted by molar-refractivity contribution is 7.71. The summed E-state index contributed by atoms with van der Waals surface area (Å²) in [6.45, 7) is 0.